The van der Waals surface area contributed by atoms with E-state index < -0.39 is 24.4 Å². The van der Waals surface area contributed by atoms with Crippen molar-refractivity contribution in [3.8, 4) is 0 Å². The van der Waals surface area contributed by atoms with Gasteiger partial charge < -0.3 is 19.9 Å². The molecule has 1 N–H and O–H groups in total. The van der Waals surface area contributed by atoms with Crippen LogP contribution in [-0.2, 0) is 23.9 Å². The first-order valence-corrected chi connectivity index (χ1v) is 9.89. The molecule has 2 fully saturated rings. The molecule has 1 aromatic carbocycles. The summed E-state index contributed by atoms with van der Waals surface area (Å²) < 4.78 is 5.13. The number of carbonyl (C=O) groups excluding carboxylic acids is 4. The number of amides is 3. The molecule has 0 bridgehead atoms. The summed E-state index contributed by atoms with van der Waals surface area (Å²) >= 11 is 0. The molecule has 8 nitrogen and oxygen atoms in total. The van der Waals surface area contributed by atoms with Crippen LogP contribution < -0.4 is 5.32 Å². The van der Waals surface area contributed by atoms with Crippen molar-refractivity contribution in [3.05, 3.63) is 35.9 Å². The number of ether oxygens (including phenoxy) is 1. The van der Waals surface area contributed by atoms with Crippen molar-refractivity contribution < 1.29 is 23.9 Å². The van der Waals surface area contributed by atoms with E-state index in [0.717, 1.165) is 18.4 Å². The fourth-order valence-electron chi connectivity index (χ4n) is 3.34. The van der Waals surface area contributed by atoms with Crippen LogP contribution in [0, 0.1) is 5.92 Å². The number of carbonyl (C=O) groups is 4. The van der Waals surface area contributed by atoms with E-state index in [2.05, 4.69) is 5.32 Å². The van der Waals surface area contributed by atoms with Gasteiger partial charge in [-0.2, -0.15) is 0 Å². The molecule has 0 spiro atoms. The van der Waals surface area contributed by atoms with Crippen LogP contribution in [-0.4, -0.2) is 66.3 Å². The predicted octanol–water partition coefficient (Wildman–Crippen LogP) is 0.876. The molecule has 0 unspecified atom stereocenters. The van der Waals surface area contributed by atoms with Crippen molar-refractivity contribution in [1.29, 1.82) is 0 Å². The highest BCUT2D eigenvalue weighted by molar-refractivity contribution is 5.89. The average molecular weight is 401 g/mol. The summed E-state index contributed by atoms with van der Waals surface area (Å²) in [5.74, 6) is -1.94. The van der Waals surface area contributed by atoms with Gasteiger partial charge in [0, 0.05) is 26.1 Å². The Morgan fingerprint density at radius 3 is 2.59 bits per heavy atom. The predicted molar refractivity (Wildman–Crippen MR) is 104 cm³/mol. The summed E-state index contributed by atoms with van der Waals surface area (Å²) in [7, 11) is 1.49. The van der Waals surface area contributed by atoms with Crippen LogP contribution in [0.25, 0.3) is 0 Å². The molecule has 0 radical (unpaired) electrons. The lowest BCUT2D eigenvalue weighted by Crippen LogP contribution is -2.41. The lowest BCUT2D eigenvalue weighted by atomic mass is 10.1. The number of likely N-dealkylation sites (tertiary alicyclic amines) is 1. The zero-order chi connectivity index (χ0) is 21.0. The topological polar surface area (TPSA) is 96.0 Å². The second-order valence-corrected chi connectivity index (χ2v) is 7.73. The van der Waals surface area contributed by atoms with Gasteiger partial charge in [0.15, 0.2) is 6.61 Å². The van der Waals surface area contributed by atoms with Crippen LogP contribution in [0.3, 0.4) is 0 Å². The number of hydrogen-bond acceptors (Lipinski definition) is 5. The van der Waals surface area contributed by atoms with Crippen molar-refractivity contribution in [2.45, 2.75) is 38.3 Å². The number of hydrogen-bond donors (Lipinski definition) is 1. The Hall–Kier alpha value is -2.90. The van der Waals surface area contributed by atoms with Crippen LogP contribution >= 0.6 is 0 Å². The molecule has 0 aromatic heterocycles. The fraction of sp³-hybridized carbons (Fsp3) is 0.524. The minimum Gasteiger partial charge on any atom is -0.455 e. The van der Waals surface area contributed by atoms with Crippen molar-refractivity contribution in [1.82, 2.24) is 15.1 Å². The maximum absolute atomic E-state index is 12.4. The van der Waals surface area contributed by atoms with Gasteiger partial charge in [-0.1, -0.05) is 30.3 Å². The number of nitrogens with one attached hydrogen (secondary N) is 1. The van der Waals surface area contributed by atoms with Gasteiger partial charge in [0.25, 0.3) is 5.91 Å². The van der Waals surface area contributed by atoms with Crippen molar-refractivity contribution in [3.63, 3.8) is 0 Å². The van der Waals surface area contributed by atoms with Crippen LogP contribution in [0.1, 0.15) is 37.8 Å². The number of benzene rings is 1. The SMILES string of the molecule is C[C@H](c1ccccc1)N1C[C@H](C(=O)OCC(=O)N(C)CC(=O)NC2CC2)CC1=O. The second kappa shape index (κ2) is 9.07. The Balaban J connectivity index is 1.45. The lowest BCUT2D eigenvalue weighted by molar-refractivity contribution is -0.155. The van der Waals surface area contributed by atoms with Crippen LogP contribution in [0.4, 0.5) is 0 Å². The van der Waals surface area contributed by atoms with Crippen molar-refractivity contribution >= 4 is 23.7 Å². The minimum atomic E-state index is -0.593. The summed E-state index contributed by atoms with van der Waals surface area (Å²) in [6.07, 6.45) is 2.02. The van der Waals surface area contributed by atoms with Crippen molar-refractivity contribution in [2.75, 3.05) is 26.7 Å². The normalized spacial score (nSPS) is 19.6. The highest BCUT2D eigenvalue weighted by atomic mass is 16.5. The summed E-state index contributed by atoms with van der Waals surface area (Å²) in [5.41, 5.74) is 0.996. The Kier molecular flexibility index (Phi) is 6.51. The molecule has 1 aliphatic heterocycles. The monoisotopic (exact) mass is 401 g/mol. The largest absolute Gasteiger partial charge is 0.455 e. The first-order valence-electron chi connectivity index (χ1n) is 9.89. The Labute approximate surface area is 170 Å². The molecule has 1 aliphatic carbocycles. The van der Waals surface area contributed by atoms with E-state index in [1.807, 2.05) is 37.3 Å². The van der Waals surface area contributed by atoms with E-state index in [4.69, 9.17) is 4.74 Å². The van der Waals surface area contributed by atoms with Gasteiger partial charge in [0.1, 0.15) is 0 Å². The average Bonchev–Trinajstić information content (AvgIpc) is 3.43. The molecule has 3 amide bonds. The molecule has 2 aliphatic rings. The van der Waals surface area contributed by atoms with Crippen LogP contribution in [0.15, 0.2) is 30.3 Å². The molecule has 156 valence electrons. The Bertz CT molecular complexity index is 778. The van der Waals surface area contributed by atoms with E-state index in [9.17, 15) is 19.2 Å². The third-order valence-electron chi connectivity index (χ3n) is 5.33. The molecule has 3 rings (SSSR count). The minimum absolute atomic E-state index is 0.0723. The van der Waals surface area contributed by atoms with Gasteiger partial charge in [-0.25, -0.2) is 0 Å². The van der Waals surface area contributed by atoms with E-state index in [0.29, 0.717) is 0 Å². The fourth-order valence-corrected chi connectivity index (χ4v) is 3.34. The Morgan fingerprint density at radius 2 is 1.93 bits per heavy atom. The molecular weight excluding hydrogens is 374 g/mol. The maximum Gasteiger partial charge on any atom is 0.311 e. The molecule has 1 saturated carbocycles. The standard InChI is InChI=1S/C21H27N3O5/c1-14(15-6-4-3-5-7-15)24-11-16(10-19(24)26)21(28)29-13-20(27)23(2)12-18(25)22-17-8-9-17/h3-7,14,16-17H,8-13H2,1-2H3,(H,22,25)/t14-,16-/m1/s1. The third-order valence-corrected chi connectivity index (χ3v) is 5.33. The summed E-state index contributed by atoms with van der Waals surface area (Å²) in [6.45, 7) is 1.68. The number of likely N-dealkylation sites (N-methyl/N-ethyl adjacent to an activating group) is 1. The molecule has 29 heavy (non-hydrogen) atoms. The quantitative estimate of drug-likeness (QED) is 0.653. The zero-order valence-electron chi connectivity index (χ0n) is 16.8. The first-order chi connectivity index (χ1) is 13.8. The first kappa shape index (κ1) is 20.8. The van der Waals surface area contributed by atoms with E-state index in [1.54, 1.807) is 4.90 Å². The van der Waals surface area contributed by atoms with E-state index >= 15 is 0 Å². The van der Waals surface area contributed by atoms with Gasteiger partial charge in [0.05, 0.1) is 18.5 Å². The highest BCUT2D eigenvalue weighted by Gasteiger charge is 2.38. The molecule has 1 heterocycles. The van der Waals surface area contributed by atoms with Gasteiger partial charge >= 0.3 is 5.97 Å². The van der Waals surface area contributed by atoms with Gasteiger partial charge in [-0.05, 0) is 25.3 Å². The molecule has 1 aromatic rings. The molecule has 8 heteroatoms. The van der Waals surface area contributed by atoms with E-state index in [-0.39, 0.29) is 43.4 Å². The highest BCUT2D eigenvalue weighted by Crippen LogP contribution is 2.29. The number of nitrogens with zero attached hydrogens (tertiary/aromatic N) is 2. The molecular formula is C21H27N3O5. The molecule has 1 saturated heterocycles. The van der Waals surface area contributed by atoms with Crippen LogP contribution in [0.5, 0.6) is 0 Å². The zero-order valence-corrected chi connectivity index (χ0v) is 16.8. The number of esters is 1. The summed E-state index contributed by atoms with van der Waals surface area (Å²) in [4.78, 5) is 51.5. The third kappa shape index (κ3) is 5.56. The van der Waals surface area contributed by atoms with E-state index in [1.165, 1.54) is 11.9 Å². The molecule has 2 atom stereocenters. The lowest BCUT2D eigenvalue weighted by Gasteiger charge is -2.25. The van der Waals surface area contributed by atoms with Gasteiger partial charge in [-0.3, -0.25) is 19.2 Å². The summed E-state index contributed by atoms with van der Waals surface area (Å²) in [5, 5.41) is 2.80. The van der Waals surface area contributed by atoms with Gasteiger partial charge in [-0.15, -0.1) is 0 Å². The smallest absolute Gasteiger partial charge is 0.311 e. The second-order valence-electron chi connectivity index (χ2n) is 7.73. The summed E-state index contributed by atoms with van der Waals surface area (Å²) in [6, 6.07) is 9.70. The maximum atomic E-state index is 12.4. The number of rotatable bonds is 8. The van der Waals surface area contributed by atoms with Crippen LogP contribution in [0.2, 0.25) is 0 Å². The van der Waals surface area contributed by atoms with Crippen molar-refractivity contribution in [2.24, 2.45) is 5.92 Å². The van der Waals surface area contributed by atoms with Gasteiger partial charge in [0.2, 0.25) is 11.8 Å². The Morgan fingerprint density at radius 1 is 1.24 bits per heavy atom.